The van der Waals surface area contributed by atoms with E-state index < -0.39 is 0 Å². The molecule has 0 aliphatic heterocycles. The van der Waals surface area contributed by atoms with Crippen molar-refractivity contribution in [2.75, 3.05) is 13.2 Å². The lowest BCUT2D eigenvalue weighted by Crippen LogP contribution is -2.22. The SMILES string of the molecule is O=C(/C=C/c1cc(Cl)cc(Cl)c1)NCCCCCO. The Hall–Kier alpha value is -1.03. The molecule has 0 unspecified atom stereocenters. The molecule has 0 saturated heterocycles. The fraction of sp³-hybridized carbons (Fsp3) is 0.357. The average molecular weight is 302 g/mol. The molecule has 0 spiro atoms. The van der Waals surface area contributed by atoms with E-state index in [0.717, 1.165) is 24.8 Å². The minimum absolute atomic E-state index is 0.153. The second kappa shape index (κ2) is 8.97. The van der Waals surface area contributed by atoms with Gasteiger partial charge in [-0.25, -0.2) is 0 Å². The molecule has 0 radical (unpaired) electrons. The number of aliphatic hydroxyl groups is 1. The smallest absolute Gasteiger partial charge is 0.243 e. The summed E-state index contributed by atoms with van der Waals surface area (Å²) in [5.41, 5.74) is 0.785. The van der Waals surface area contributed by atoms with Crippen LogP contribution in [-0.2, 0) is 4.79 Å². The third kappa shape index (κ3) is 7.21. The topological polar surface area (TPSA) is 49.3 Å². The molecule has 0 heterocycles. The Morgan fingerprint density at radius 1 is 1.16 bits per heavy atom. The van der Waals surface area contributed by atoms with Crippen LogP contribution in [0.3, 0.4) is 0 Å². The monoisotopic (exact) mass is 301 g/mol. The van der Waals surface area contributed by atoms with Crippen LogP contribution in [0, 0.1) is 0 Å². The normalized spacial score (nSPS) is 10.9. The van der Waals surface area contributed by atoms with Crippen molar-refractivity contribution in [2.24, 2.45) is 0 Å². The highest BCUT2D eigenvalue weighted by molar-refractivity contribution is 6.34. The molecule has 0 fully saturated rings. The lowest BCUT2D eigenvalue weighted by Gasteiger charge is -2.01. The fourth-order valence-electron chi connectivity index (χ4n) is 1.53. The van der Waals surface area contributed by atoms with Gasteiger partial charge in [-0.2, -0.15) is 0 Å². The summed E-state index contributed by atoms with van der Waals surface area (Å²) < 4.78 is 0. The predicted molar refractivity (Wildman–Crippen MR) is 79.4 cm³/mol. The van der Waals surface area contributed by atoms with E-state index in [1.807, 2.05) is 0 Å². The number of hydrogen-bond acceptors (Lipinski definition) is 2. The van der Waals surface area contributed by atoms with Gasteiger partial charge in [0.25, 0.3) is 0 Å². The van der Waals surface area contributed by atoms with Gasteiger partial charge in [0, 0.05) is 29.3 Å². The van der Waals surface area contributed by atoms with Crippen LogP contribution in [0.4, 0.5) is 0 Å². The third-order valence-corrected chi connectivity index (χ3v) is 2.88. The maximum absolute atomic E-state index is 11.5. The molecule has 1 aromatic rings. The van der Waals surface area contributed by atoms with E-state index in [0.29, 0.717) is 16.6 Å². The highest BCUT2D eigenvalue weighted by Crippen LogP contribution is 2.19. The van der Waals surface area contributed by atoms with Gasteiger partial charge in [-0.1, -0.05) is 23.2 Å². The predicted octanol–water partition coefficient (Wildman–Crippen LogP) is 3.29. The van der Waals surface area contributed by atoms with Crippen LogP contribution in [0.15, 0.2) is 24.3 Å². The number of halogens is 2. The number of rotatable bonds is 7. The van der Waals surface area contributed by atoms with Crippen molar-refractivity contribution in [3.63, 3.8) is 0 Å². The van der Waals surface area contributed by atoms with Gasteiger partial charge in [0.2, 0.25) is 5.91 Å². The first kappa shape index (κ1) is 16.0. The molecule has 0 aromatic heterocycles. The molecule has 5 heteroatoms. The van der Waals surface area contributed by atoms with Crippen molar-refractivity contribution >= 4 is 35.2 Å². The summed E-state index contributed by atoms with van der Waals surface area (Å²) in [7, 11) is 0. The number of amides is 1. The van der Waals surface area contributed by atoms with E-state index >= 15 is 0 Å². The Balaban J connectivity index is 2.36. The van der Waals surface area contributed by atoms with E-state index in [1.54, 1.807) is 24.3 Å². The standard InChI is InChI=1S/C14H17Cl2NO2/c15-12-8-11(9-13(16)10-12)4-5-14(19)17-6-2-1-3-7-18/h4-5,8-10,18H,1-3,6-7H2,(H,17,19)/b5-4+. The van der Waals surface area contributed by atoms with Gasteiger partial charge in [-0.05, 0) is 49.1 Å². The molecule has 1 rings (SSSR count). The van der Waals surface area contributed by atoms with Crippen molar-refractivity contribution in [1.29, 1.82) is 0 Å². The van der Waals surface area contributed by atoms with Gasteiger partial charge < -0.3 is 10.4 Å². The number of carbonyl (C=O) groups excluding carboxylic acids is 1. The third-order valence-electron chi connectivity index (χ3n) is 2.45. The molecule has 2 N–H and O–H groups in total. The molecule has 104 valence electrons. The molecule has 0 aliphatic rings. The Kier molecular flexibility index (Phi) is 7.56. The number of aliphatic hydroxyl groups excluding tert-OH is 1. The molecular weight excluding hydrogens is 285 g/mol. The van der Waals surface area contributed by atoms with Gasteiger partial charge in [0.1, 0.15) is 0 Å². The number of nitrogens with one attached hydrogen (secondary N) is 1. The number of unbranched alkanes of at least 4 members (excludes halogenated alkanes) is 2. The van der Waals surface area contributed by atoms with Crippen LogP contribution in [0.2, 0.25) is 10.0 Å². The Bertz CT molecular complexity index is 427. The number of carbonyl (C=O) groups is 1. The second-order valence-corrected chi connectivity index (χ2v) is 4.98. The van der Waals surface area contributed by atoms with E-state index in [9.17, 15) is 4.79 Å². The van der Waals surface area contributed by atoms with E-state index in [2.05, 4.69) is 5.32 Å². The minimum atomic E-state index is -0.153. The lowest BCUT2D eigenvalue weighted by atomic mass is 10.2. The van der Waals surface area contributed by atoms with E-state index in [4.69, 9.17) is 28.3 Å². The first-order valence-corrected chi connectivity index (χ1v) is 6.90. The molecule has 0 saturated carbocycles. The molecule has 3 nitrogen and oxygen atoms in total. The zero-order valence-corrected chi connectivity index (χ0v) is 12.0. The lowest BCUT2D eigenvalue weighted by molar-refractivity contribution is -0.116. The summed E-state index contributed by atoms with van der Waals surface area (Å²) in [4.78, 5) is 11.5. The minimum Gasteiger partial charge on any atom is -0.396 e. The highest BCUT2D eigenvalue weighted by atomic mass is 35.5. The molecule has 1 aromatic carbocycles. The first-order valence-electron chi connectivity index (χ1n) is 6.14. The zero-order valence-electron chi connectivity index (χ0n) is 10.5. The van der Waals surface area contributed by atoms with Crippen LogP contribution in [0.25, 0.3) is 6.08 Å². The van der Waals surface area contributed by atoms with E-state index in [1.165, 1.54) is 6.08 Å². The Morgan fingerprint density at radius 3 is 2.47 bits per heavy atom. The van der Waals surface area contributed by atoms with Gasteiger partial charge in [-0.3, -0.25) is 4.79 Å². The molecule has 0 bridgehead atoms. The molecule has 0 aliphatic carbocycles. The molecular formula is C14H17Cl2NO2. The summed E-state index contributed by atoms with van der Waals surface area (Å²) in [6.07, 6.45) is 5.66. The zero-order chi connectivity index (χ0) is 14.1. The second-order valence-electron chi connectivity index (χ2n) is 4.11. The summed E-state index contributed by atoms with van der Waals surface area (Å²) in [5.74, 6) is -0.153. The van der Waals surface area contributed by atoms with Crippen LogP contribution >= 0.6 is 23.2 Å². The highest BCUT2D eigenvalue weighted by Gasteiger charge is 1.97. The van der Waals surface area contributed by atoms with Crippen LogP contribution in [-0.4, -0.2) is 24.2 Å². The van der Waals surface area contributed by atoms with Crippen molar-refractivity contribution in [1.82, 2.24) is 5.32 Å². The van der Waals surface area contributed by atoms with Crippen molar-refractivity contribution in [2.45, 2.75) is 19.3 Å². The number of hydrogen-bond donors (Lipinski definition) is 2. The summed E-state index contributed by atoms with van der Waals surface area (Å²) in [5, 5.41) is 12.5. The van der Waals surface area contributed by atoms with Crippen LogP contribution < -0.4 is 5.32 Å². The van der Waals surface area contributed by atoms with Crippen LogP contribution in [0.5, 0.6) is 0 Å². The summed E-state index contributed by atoms with van der Waals surface area (Å²) >= 11 is 11.7. The van der Waals surface area contributed by atoms with Gasteiger partial charge in [0.15, 0.2) is 0 Å². The summed E-state index contributed by atoms with van der Waals surface area (Å²) in [6, 6.07) is 5.11. The van der Waals surface area contributed by atoms with Crippen molar-refractivity contribution in [3.8, 4) is 0 Å². The largest absolute Gasteiger partial charge is 0.396 e. The Morgan fingerprint density at radius 2 is 1.84 bits per heavy atom. The van der Waals surface area contributed by atoms with E-state index in [-0.39, 0.29) is 12.5 Å². The van der Waals surface area contributed by atoms with Gasteiger partial charge in [-0.15, -0.1) is 0 Å². The number of benzene rings is 1. The molecule has 1 amide bonds. The summed E-state index contributed by atoms with van der Waals surface area (Å²) in [6.45, 7) is 0.808. The van der Waals surface area contributed by atoms with Gasteiger partial charge >= 0.3 is 0 Å². The maximum Gasteiger partial charge on any atom is 0.243 e. The fourth-order valence-corrected chi connectivity index (χ4v) is 2.07. The quantitative estimate of drug-likeness (QED) is 0.600. The average Bonchev–Trinajstić information content (AvgIpc) is 2.35. The first-order chi connectivity index (χ1) is 9.11. The van der Waals surface area contributed by atoms with Crippen molar-refractivity contribution < 1.29 is 9.90 Å². The maximum atomic E-state index is 11.5. The Labute approximate surface area is 123 Å². The molecule has 0 atom stereocenters. The van der Waals surface area contributed by atoms with Crippen molar-refractivity contribution in [3.05, 3.63) is 39.9 Å². The van der Waals surface area contributed by atoms with Crippen LogP contribution in [0.1, 0.15) is 24.8 Å². The molecule has 19 heavy (non-hydrogen) atoms. The van der Waals surface area contributed by atoms with Gasteiger partial charge in [0.05, 0.1) is 0 Å².